The summed E-state index contributed by atoms with van der Waals surface area (Å²) in [5, 5.41) is 2.31. The molecule has 2 aliphatic rings. The Morgan fingerprint density at radius 1 is 0.213 bits per heavy atom. The third-order valence-electron chi connectivity index (χ3n) is 18.7. The van der Waals surface area contributed by atoms with Crippen LogP contribution < -0.4 is 26.2 Å². The second kappa shape index (κ2) is 22.8. The molecule has 0 N–H and O–H groups in total. The van der Waals surface area contributed by atoms with Crippen LogP contribution in [0.25, 0.3) is 117 Å². The number of aromatic nitrogens is 4. The lowest BCUT2D eigenvalue weighted by atomic mass is 9.33. The van der Waals surface area contributed by atoms with Crippen LogP contribution >= 0.6 is 0 Å². The maximum atomic E-state index is 5.15. The fraction of sp³-hybridized carbons (Fsp3) is 0. The highest BCUT2D eigenvalue weighted by atomic mass is 15.2. The van der Waals surface area contributed by atoms with Gasteiger partial charge in [0, 0.05) is 67.3 Å². The van der Waals surface area contributed by atoms with Crippen molar-refractivity contribution in [2.45, 2.75) is 0 Å². The number of anilines is 6. The van der Waals surface area contributed by atoms with Crippen LogP contribution in [-0.2, 0) is 0 Å². The van der Waals surface area contributed by atoms with E-state index in [0.29, 0.717) is 17.5 Å². The molecule has 438 valence electrons. The van der Waals surface area contributed by atoms with Crippen molar-refractivity contribution in [3.05, 3.63) is 346 Å². The van der Waals surface area contributed by atoms with Crippen LogP contribution in [0.2, 0.25) is 0 Å². The average molecular weight is 1200 g/mol. The number of para-hydroxylation sites is 3. The Hall–Kier alpha value is -12.4. The maximum Gasteiger partial charge on any atom is 0.252 e. The number of benzene rings is 14. The smallest absolute Gasteiger partial charge is 0.252 e. The maximum absolute atomic E-state index is 5.15. The summed E-state index contributed by atoms with van der Waals surface area (Å²) in [6, 6.07) is 126. The molecule has 7 heteroatoms. The molecule has 0 atom stereocenters. The number of rotatable bonds is 11. The van der Waals surface area contributed by atoms with E-state index in [-0.39, 0.29) is 6.71 Å². The zero-order valence-electron chi connectivity index (χ0n) is 51.2. The molecule has 0 unspecified atom stereocenters. The van der Waals surface area contributed by atoms with Crippen LogP contribution in [0.15, 0.2) is 346 Å². The van der Waals surface area contributed by atoms with Crippen molar-refractivity contribution in [2.24, 2.45) is 0 Å². The predicted octanol–water partition coefficient (Wildman–Crippen LogP) is 20.4. The molecule has 0 fully saturated rings. The molecule has 16 aromatic rings. The third-order valence-corrected chi connectivity index (χ3v) is 18.7. The van der Waals surface area contributed by atoms with Gasteiger partial charge in [-0.15, -0.1) is 0 Å². The van der Waals surface area contributed by atoms with Gasteiger partial charge in [0.05, 0.1) is 11.0 Å². The summed E-state index contributed by atoms with van der Waals surface area (Å²) >= 11 is 0. The summed E-state index contributed by atoms with van der Waals surface area (Å²) in [5.74, 6) is 1.86. The van der Waals surface area contributed by atoms with Crippen molar-refractivity contribution in [3.8, 4) is 95.5 Å². The summed E-state index contributed by atoms with van der Waals surface area (Å²) in [6.07, 6.45) is 0. The minimum Gasteiger partial charge on any atom is -0.311 e. The SMILES string of the molecule is c1ccc(-c2cc(-c3ccccc3)cc(N3c4ccccc4B4c5ccccc5N(c5cc(-c6ccccc6)cc(-c6ccccc6)c5)c5cc(-c6ccc7c(c6)c6ccccc6n7-c6cccc(-c7nc(-c8ccccc8)nc(-c8ccccc8)n7)c6)cc3c54)c2)cc1. The van der Waals surface area contributed by atoms with Crippen molar-refractivity contribution >= 4 is 79.0 Å². The second-order valence-corrected chi connectivity index (χ2v) is 24.3. The standard InChI is InChI=1S/C87H57BN6/c1-7-26-58(27-8-1)66-48-67(59-28-9-2-10-29-59)52-72(51-66)93-80-44-23-20-41-76(80)88-77-42-21-24-45-81(77)94(73-53-68(60-30-11-3-12-31-60)49-69(54-73)61-32-13-4-14-33-61)83-57-70(56-82(93)84(83)88)64-46-47-79-75(55-64)74-40-19-22-43-78(74)92(79)71-39-25-38-65(50-71)87-90-85(62-34-15-5-16-35-62)89-86(91-87)63-36-17-6-18-37-63/h1-57H. The Bertz CT molecular complexity index is 5190. The van der Waals surface area contributed by atoms with Crippen LogP contribution in [0.4, 0.5) is 34.1 Å². The number of hydrogen-bond donors (Lipinski definition) is 0. The molecule has 94 heavy (non-hydrogen) atoms. The summed E-state index contributed by atoms with van der Waals surface area (Å²) in [7, 11) is 0. The average Bonchev–Trinajstić information content (AvgIpc) is 0.798. The Morgan fingerprint density at radius 2 is 0.574 bits per heavy atom. The van der Waals surface area contributed by atoms with Crippen LogP contribution in [0.3, 0.4) is 0 Å². The number of hydrogen-bond acceptors (Lipinski definition) is 5. The topological polar surface area (TPSA) is 50.1 Å². The lowest BCUT2D eigenvalue weighted by Gasteiger charge is -2.44. The molecular weight excluding hydrogens is 1140 g/mol. The first-order chi connectivity index (χ1) is 46.6. The quantitative estimate of drug-likeness (QED) is 0.121. The van der Waals surface area contributed by atoms with E-state index in [1.807, 2.05) is 36.4 Å². The molecule has 2 aromatic heterocycles. The van der Waals surface area contributed by atoms with Gasteiger partial charge in [0.15, 0.2) is 17.5 Å². The first-order valence-corrected chi connectivity index (χ1v) is 32.1. The molecule has 2 aliphatic heterocycles. The van der Waals surface area contributed by atoms with Gasteiger partial charge in [-0.3, -0.25) is 0 Å². The van der Waals surface area contributed by atoms with Gasteiger partial charge < -0.3 is 14.4 Å². The fourth-order valence-corrected chi connectivity index (χ4v) is 14.4. The Labute approximate surface area is 546 Å². The number of nitrogens with zero attached hydrogens (tertiary/aromatic N) is 6. The van der Waals surface area contributed by atoms with Gasteiger partial charge in [-0.05, 0) is 163 Å². The first-order valence-electron chi connectivity index (χ1n) is 32.1. The van der Waals surface area contributed by atoms with Crippen molar-refractivity contribution < 1.29 is 0 Å². The zero-order chi connectivity index (χ0) is 62.1. The molecule has 0 saturated heterocycles. The molecule has 18 rings (SSSR count). The number of fused-ring (bicyclic) bond motifs is 7. The first kappa shape index (κ1) is 54.5. The Kier molecular flexibility index (Phi) is 13.2. The van der Waals surface area contributed by atoms with Crippen molar-refractivity contribution in [1.29, 1.82) is 0 Å². The normalized spacial score (nSPS) is 12.2. The van der Waals surface area contributed by atoms with E-state index in [2.05, 4.69) is 324 Å². The predicted molar refractivity (Wildman–Crippen MR) is 392 cm³/mol. The van der Waals surface area contributed by atoms with E-state index in [0.717, 1.165) is 134 Å². The molecule has 0 aliphatic carbocycles. The van der Waals surface area contributed by atoms with Gasteiger partial charge in [0.1, 0.15) is 0 Å². The molecule has 0 amide bonds. The van der Waals surface area contributed by atoms with E-state index < -0.39 is 0 Å². The van der Waals surface area contributed by atoms with Crippen LogP contribution in [0, 0.1) is 0 Å². The monoisotopic (exact) mass is 1200 g/mol. The van der Waals surface area contributed by atoms with Gasteiger partial charge in [0.2, 0.25) is 0 Å². The molecule has 4 heterocycles. The van der Waals surface area contributed by atoms with E-state index in [1.54, 1.807) is 0 Å². The van der Waals surface area contributed by atoms with Crippen molar-refractivity contribution in [2.75, 3.05) is 9.80 Å². The summed E-state index contributed by atoms with van der Waals surface area (Å²) in [4.78, 5) is 20.4. The van der Waals surface area contributed by atoms with Gasteiger partial charge in [0.25, 0.3) is 6.71 Å². The van der Waals surface area contributed by atoms with Crippen LogP contribution in [0.5, 0.6) is 0 Å². The Balaban J connectivity index is 0.873. The molecule has 0 spiro atoms. The van der Waals surface area contributed by atoms with Crippen molar-refractivity contribution in [1.82, 2.24) is 19.5 Å². The summed E-state index contributed by atoms with van der Waals surface area (Å²) in [5.41, 5.74) is 27.9. The summed E-state index contributed by atoms with van der Waals surface area (Å²) in [6.45, 7) is -0.0839. The third kappa shape index (κ3) is 9.48. The van der Waals surface area contributed by atoms with Gasteiger partial charge in [-0.2, -0.15) is 0 Å². The lowest BCUT2D eigenvalue weighted by molar-refractivity contribution is 1.07. The fourth-order valence-electron chi connectivity index (χ4n) is 14.4. The Morgan fingerprint density at radius 3 is 1.04 bits per heavy atom. The van der Waals surface area contributed by atoms with Crippen LogP contribution in [-0.4, -0.2) is 26.2 Å². The largest absolute Gasteiger partial charge is 0.311 e. The van der Waals surface area contributed by atoms with E-state index in [4.69, 9.17) is 15.0 Å². The molecular formula is C87H57BN6. The minimum absolute atomic E-state index is 0.0839. The summed E-state index contributed by atoms with van der Waals surface area (Å²) < 4.78 is 2.39. The highest BCUT2D eigenvalue weighted by Gasteiger charge is 2.44. The molecule has 6 nitrogen and oxygen atoms in total. The van der Waals surface area contributed by atoms with Crippen molar-refractivity contribution in [3.63, 3.8) is 0 Å². The highest BCUT2D eigenvalue weighted by molar-refractivity contribution is 7.00. The molecule has 0 saturated carbocycles. The molecule has 0 bridgehead atoms. The lowest BCUT2D eigenvalue weighted by Crippen LogP contribution is -2.61. The van der Waals surface area contributed by atoms with Crippen LogP contribution in [0.1, 0.15) is 0 Å². The van der Waals surface area contributed by atoms with Gasteiger partial charge in [-0.25, -0.2) is 15.0 Å². The minimum atomic E-state index is -0.0839. The second-order valence-electron chi connectivity index (χ2n) is 24.3. The van der Waals surface area contributed by atoms with E-state index in [1.165, 1.54) is 16.4 Å². The van der Waals surface area contributed by atoms with E-state index in [9.17, 15) is 0 Å². The molecule has 14 aromatic carbocycles. The zero-order valence-corrected chi connectivity index (χ0v) is 51.2. The highest BCUT2D eigenvalue weighted by Crippen LogP contribution is 2.49. The van der Waals surface area contributed by atoms with E-state index >= 15 is 0 Å². The molecule has 0 radical (unpaired) electrons. The van der Waals surface area contributed by atoms with Gasteiger partial charge >= 0.3 is 0 Å². The van der Waals surface area contributed by atoms with Gasteiger partial charge in [-0.1, -0.05) is 255 Å².